The first-order chi connectivity index (χ1) is 7.90. The van der Waals surface area contributed by atoms with Crippen LogP contribution in [-0.4, -0.2) is 28.6 Å². The lowest BCUT2D eigenvalue weighted by Crippen LogP contribution is -2.30. The van der Waals surface area contributed by atoms with Crippen molar-refractivity contribution in [3.63, 3.8) is 0 Å². The van der Waals surface area contributed by atoms with Gasteiger partial charge in [-0.25, -0.2) is 0 Å². The number of amides is 1. The quantitative estimate of drug-likeness (QED) is 0.605. The van der Waals surface area contributed by atoms with Crippen LogP contribution in [0.4, 0.5) is 5.69 Å². The summed E-state index contributed by atoms with van der Waals surface area (Å²) in [5.74, 6) is -0.433. The van der Waals surface area contributed by atoms with Gasteiger partial charge in [0.2, 0.25) is 0 Å². The number of non-ortho nitro benzene ring substituents is 1. The monoisotopic (exact) mass is 238 g/mol. The summed E-state index contributed by atoms with van der Waals surface area (Å²) in [4.78, 5) is 21.7. The van der Waals surface area contributed by atoms with E-state index in [1.165, 1.54) is 12.1 Å². The molecule has 6 heteroatoms. The summed E-state index contributed by atoms with van der Waals surface area (Å²) >= 11 is 0. The van der Waals surface area contributed by atoms with Crippen LogP contribution < -0.4 is 5.32 Å². The van der Waals surface area contributed by atoms with E-state index in [4.69, 9.17) is 5.11 Å². The van der Waals surface area contributed by atoms with Crippen LogP contribution in [0.1, 0.15) is 22.8 Å². The molecule has 1 rings (SSSR count). The minimum absolute atomic E-state index is 0.112. The first kappa shape index (κ1) is 13.1. The Labute approximate surface area is 98.4 Å². The van der Waals surface area contributed by atoms with Crippen molar-refractivity contribution in [3.05, 3.63) is 39.4 Å². The summed E-state index contributed by atoms with van der Waals surface area (Å²) in [5, 5.41) is 22.1. The second kappa shape index (κ2) is 5.40. The molecule has 0 radical (unpaired) electrons. The van der Waals surface area contributed by atoms with Crippen LogP contribution >= 0.6 is 0 Å². The van der Waals surface area contributed by atoms with Gasteiger partial charge in [0, 0.05) is 24.2 Å². The van der Waals surface area contributed by atoms with Crippen molar-refractivity contribution in [2.45, 2.75) is 20.0 Å². The zero-order valence-corrected chi connectivity index (χ0v) is 9.64. The van der Waals surface area contributed by atoms with Crippen LogP contribution in [0.2, 0.25) is 0 Å². The van der Waals surface area contributed by atoms with Gasteiger partial charge in [0.05, 0.1) is 11.0 Å². The number of nitrogens with zero attached hydrogens (tertiary/aromatic N) is 1. The van der Waals surface area contributed by atoms with Gasteiger partial charge in [-0.15, -0.1) is 0 Å². The third kappa shape index (κ3) is 3.84. The molecule has 6 nitrogen and oxygen atoms in total. The van der Waals surface area contributed by atoms with Gasteiger partial charge >= 0.3 is 0 Å². The second-order valence-corrected chi connectivity index (χ2v) is 3.87. The van der Waals surface area contributed by atoms with E-state index in [1.807, 2.05) is 0 Å². The highest BCUT2D eigenvalue weighted by atomic mass is 16.6. The van der Waals surface area contributed by atoms with Crippen LogP contribution in [-0.2, 0) is 0 Å². The van der Waals surface area contributed by atoms with E-state index in [0.717, 1.165) is 0 Å². The molecule has 92 valence electrons. The van der Waals surface area contributed by atoms with Gasteiger partial charge in [-0.05, 0) is 25.5 Å². The van der Waals surface area contributed by atoms with E-state index in [9.17, 15) is 14.9 Å². The third-order valence-electron chi connectivity index (χ3n) is 2.09. The number of benzene rings is 1. The number of hydrogen-bond donors (Lipinski definition) is 2. The molecular formula is C11H14N2O4. The van der Waals surface area contributed by atoms with Crippen molar-refractivity contribution in [2.24, 2.45) is 0 Å². The smallest absolute Gasteiger partial charge is 0.270 e. The SMILES string of the molecule is Cc1cc(C(=O)NC[C@@H](C)O)cc([N+](=O)[O-])c1. The number of aryl methyl sites for hydroxylation is 1. The van der Waals surface area contributed by atoms with Crippen LogP contribution in [0.3, 0.4) is 0 Å². The van der Waals surface area contributed by atoms with E-state index in [-0.39, 0.29) is 17.8 Å². The first-order valence-corrected chi connectivity index (χ1v) is 5.12. The highest BCUT2D eigenvalue weighted by Crippen LogP contribution is 2.16. The molecule has 17 heavy (non-hydrogen) atoms. The molecule has 0 aliphatic carbocycles. The zero-order valence-electron chi connectivity index (χ0n) is 9.64. The minimum Gasteiger partial charge on any atom is -0.392 e. The zero-order chi connectivity index (χ0) is 13.0. The molecule has 0 spiro atoms. The highest BCUT2D eigenvalue weighted by Gasteiger charge is 2.13. The molecule has 0 saturated heterocycles. The summed E-state index contributed by atoms with van der Waals surface area (Å²) < 4.78 is 0. The number of nitro benzene ring substituents is 1. The number of rotatable bonds is 4. The Bertz CT molecular complexity index is 443. The number of hydrogen-bond acceptors (Lipinski definition) is 4. The van der Waals surface area contributed by atoms with E-state index in [2.05, 4.69) is 5.32 Å². The first-order valence-electron chi connectivity index (χ1n) is 5.12. The molecule has 0 aromatic heterocycles. The highest BCUT2D eigenvalue weighted by molar-refractivity contribution is 5.95. The molecule has 0 aliphatic rings. The maximum atomic E-state index is 11.6. The Morgan fingerprint density at radius 3 is 2.71 bits per heavy atom. The normalized spacial score (nSPS) is 11.9. The van der Waals surface area contributed by atoms with Crippen molar-refractivity contribution in [3.8, 4) is 0 Å². The molecule has 0 fully saturated rings. The average molecular weight is 238 g/mol. The van der Waals surface area contributed by atoms with Gasteiger partial charge in [0.25, 0.3) is 11.6 Å². The lowest BCUT2D eigenvalue weighted by Gasteiger charge is -2.07. The van der Waals surface area contributed by atoms with E-state index in [1.54, 1.807) is 19.9 Å². The average Bonchev–Trinajstić information content (AvgIpc) is 2.24. The van der Waals surface area contributed by atoms with E-state index in [0.29, 0.717) is 5.56 Å². The van der Waals surface area contributed by atoms with Gasteiger partial charge in [0.1, 0.15) is 0 Å². The molecule has 1 atom stereocenters. The Morgan fingerprint density at radius 2 is 2.18 bits per heavy atom. The third-order valence-corrected chi connectivity index (χ3v) is 2.09. The number of carbonyl (C=O) groups excluding carboxylic acids is 1. The predicted molar refractivity (Wildman–Crippen MR) is 61.8 cm³/mol. The Kier molecular flexibility index (Phi) is 4.17. The molecule has 0 heterocycles. The number of nitrogens with one attached hydrogen (secondary N) is 1. The lowest BCUT2D eigenvalue weighted by atomic mass is 10.1. The fourth-order valence-electron chi connectivity index (χ4n) is 1.34. The van der Waals surface area contributed by atoms with Crippen LogP contribution in [0.5, 0.6) is 0 Å². The lowest BCUT2D eigenvalue weighted by molar-refractivity contribution is -0.384. The minimum atomic E-state index is -0.654. The second-order valence-electron chi connectivity index (χ2n) is 3.87. The van der Waals surface area contributed by atoms with Crippen molar-refractivity contribution in [2.75, 3.05) is 6.54 Å². The fourth-order valence-corrected chi connectivity index (χ4v) is 1.34. The van der Waals surface area contributed by atoms with Gasteiger partial charge < -0.3 is 10.4 Å². The molecule has 0 aliphatic heterocycles. The molecule has 0 bridgehead atoms. The molecule has 1 amide bonds. The molecule has 1 aromatic carbocycles. The number of aliphatic hydroxyl groups excluding tert-OH is 1. The fraction of sp³-hybridized carbons (Fsp3) is 0.364. The van der Waals surface area contributed by atoms with Crippen molar-refractivity contribution >= 4 is 11.6 Å². The molecule has 0 saturated carbocycles. The van der Waals surface area contributed by atoms with Gasteiger partial charge in [-0.3, -0.25) is 14.9 Å². The summed E-state index contributed by atoms with van der Waals surface area (Å²) in [6, 6.07) is 4.17. The number of aliphatic hydroxyl groups is 1. The molecule has 0 unspecified atom stereocenters. The number of nitro groups is 1. The van der Waals surface area contributed by atoms with Crippen LogP contribution in [0.15, 0.2) is 18.2 Å². The molecular weight excluding hydrogens is 224 g/mol. The maximum Gasteiger partial charge on any atom is 0.270 e. The molecule has 2 N–H and O–H groups in total. The number of carbonyl (C=O) groups is 1. The summed E-state index contributed by atoms with van der Waals surface area (Å²) in [7, 11) is 0. The van der Waals surface area contributed by atoms with Gasteiger partial charge in [0.15, 0.2) is 0 Å². The van der Waals surface area contributed by atoms with E-state index >= 15 is 0 Å². The van der Waals surface area contributed by atoms with Crippen molar-refractivity contribution < 1.29 is 14.8 Å². The standard InChI is InChI=1S/C11H14N2O4/c1-7-3-9(5-10(4-7)13(16)17)11(15)12-6-8(2)14/h3-5,8,14H,6H2,1-2H3,(H,12,15)/t8-/m1/s1. The van der Waals surface area contributed by atoms with Crippen LogP contribution in [0.25, 0.3) is 0 Å². The maximum absolute atomic E-state index is 11.6. The summed E-state index contributed by atoms with van der Waals surface area (Å²) in [5.41, 5.74) is 0.742. The Hall–Kier alpha value is -1.95. The van der Waals surface area contributed by atoms with E-state index < -0.39 is 16.9 Å². The van der Waals surface area contributed by atoms with Gasteiger partial charge in [-0.2, -0.15) is 0 Å². The summed E-state index contributed by atoms with van der Waals surface area (Å²) in [6.45, 7) is 3.33. The van der Waals surface area contributed by atoms with Gasteiger partial charge in [-0.1, -0.05) is 0 Å². The Morgan fingerprint density at radius 1 is 1.53 bits per heavy atom. The summed E-state index contributed by atoms with van der Waals surface area (Å²) in [6.07, 6.45) is -0.654. The van der Waals surface area contributed by atoms with Crippen molar-refractivity contribution in [1.82, 2.24) is 5.32 Å². The molecule has 1 aromatic rings. The topological polar surface area (TPSA) is 92.5 Å². The predicted octanol–water partition coefficient (Wildman–Crippen LogP) is 1.01. The Balaban J connectivity index is 2.90. The van der Waals surface area contributed by atoms with Crippen molar-refractivity contribution in [1.29, 1.82) is 0 Å². The van der Waals surface area contributed by atoms with Crippen LogP contribution in [0, 0.1) is 17.0 Å². The largest absolute Gasteiger partial charge is 0.392 e.